The predicted molar refractivity (Wildman–Crippen MR) is 77.2 cm³/mol. The summed E-state index contributed by atoms with van der Waals surface area (Å²) >= 11 is 5.98. The Morgan fingerprint density at radius 2 is 1.95 bits per heavy atom. The molecule has 0 aliphatic rings. The van der Waals surface area contributed by atoms with E-state index in [0.29, 0.717) is 11.1 Å². The number of aromatic nitrogens is 1. The molecule has 0 aliphatic heterocycles. The van der Waals surface area contributed by atoms with Gasteiger partial charge in [-0.25, -0.2) is 4.39 Å². The zero-order chi connectivity index (χ0) is 14.1. The number of fused-ring (bicyclic) bond motifs is 1. The fraction of sp³-hybridized carbons (Fsp3) is 0.0625. The molecule has 2 aromatic carbocycles. The van der Waals surface area contributed by atoms with Crippen LogP contribution in [0.3, 0.4) is 0 Å². The quantitative estimate of drug-likeness (QED) is 0.769. The average molecular weight is 288 g/mol. The minimum absolute atomic E-state index is 0.207. The van der Waals surface area contributed by atoms with Crippen LogP contribution in [-0.2, 0) is 0 Å². The first-order valence-electron chi connectivity index (χ1n) is 6.13. The highest BCUT2D eigenvalue weighted by molar-refractivity contribution is 6.31. The highest BCUT2D eigenvalue weighted by atomic mass is 35.5. The van der Waals surface area contributed by atoms with Crippen LogP contribution in [0.4, 0.5) is 4.39 Å². The zero-order valence-electron chi connectivity index (χ0n) is 10.4. The number of nitrogens with zero attached hydrogens (tertiary/aromatic N) is 1. The van der Waals surface area contributed by atoms with E-state index >= 15 is 0 Å². The van der Waals surface area contributed by atoms with Gasteiger partial charge in [0.25, 0.3) is 0 Å². The summed E-state index contributed by atoms with van der Waals surface area (Å²) in [5.41, 5.74) is 1.94. The molecule has 0 radical (unpaired) electrons. The third-order valence-corrected chi connectivity index (χ3v) is 3.53. The Morgan fingerprint density at radius 3 is 2.75 bits per heavy atom. The fourth-order valence-electron chi connectivity index (χ4n) is 2.16. The summed E-state index contributed by atoms with van der Waals surface area (Å²) < 4.78 is 13.0. The second-order valence-electron chi connectivity index (χ2n) is 4.52. The largest absolute Gasteiger partial charge is 0.384 e. The van der Waals surface area contributed by atoms with E-state index in [2.05, 4.69) is 4.98 Å². The molecule has 0 spiro atoms. The molecule has 1 atom stereocenters. The predicted octanol–water partition coefficient (Wildman–Crippen LogP) is 4.11. The third kappa shape index (κ3) is 2.38. The molecule has 20 heavy (non-hydrogen) atoms. The molecule has 1 unspecified atom stereocenters. The van der Waals surface area contributed by atoms with Crippen LogP contribution in [0.25, 0.3) is 10.9 Å². The normalized spacial score (nSPS) is 12.6. The molecule has 0 saturated carbocycles. The Hall–Kier alpha value is -1.97. The van der Waals surface area contributed by atoms with E-state index in [0.717, 1.165) is 10.9 Å². The molecular weight excluding hydrogens is 277 g/mol. The Balaban J connectivity index is 2.05. The van der Waals surface area contributed by atoms with Crippen LogP contribution in [-0.4, -0.2) is 10.1 Å². The first-order chi connectivity index (χ1) is 9.65. The van der Waals surface area contributed by atoms with Gasteiger partial charge in [-0.05, 0) is 29.8 Å². The molecule has 1 N–H and O–H groups in total. The summed E-state index contributed by atoms with van der Waals surface area (Å²) in [6.45, 7) is 0. The standard InChI is InChI=1S/C16H11ClFNO/c17-14-9-12(18)5-6-13(14)16(20)11-4-3-10-2-1-7-19-15(10)8-11/h1-9,16,20H. The van der Waals surface area contributed by atoms with Crippen molar-refractivity contribution in [3.05, 3.63) is 76.7 Å². The maximum absolute atomic E-state index is 13.0. The zero-order valence-corrected chi connectivity index (χ0v) is 11.2. The number of benzene rings is 2. The van der Waals surface area contributed by atoms with Gasteiger partial charge in [-0.1, -0.05) is 35.9 Å². The summed E-state index contributed by atoms with van der Waals surface area (Å²) in [4.78, 5) is 4.25. The Labute approximate surface area is 120 Å². The first-order valence-corrected chi connectivity index (χ1v) is 6.50. The highest BCUT2D eigenvalue weighted by Gasteiger charge is 2.15. The molecule has 100 valence electrons. The second-order valence-corrected chi connectivity index (χ2v) is 4.93. The van der Waals surface area contributed by atoms with Gasteiger partial charge in [-0.2, -0.15) is 0 Å². The fourth-order valence-corrected chi connectivity index (χ4v) is 2.43. The van der Waals surface area contributed by atoms with Gasteiger partial charge in [-0.15, -0.1) is 0 Å². The molecule has 0 fully saturated rings. The molecule has 4 heteroatoms. The second kappa shape index (κ2) is 5.19. The van der Waals surface area contributed by atoms with E-state index in [9.17, 15) is 9.50 Å². The maximum atomic E-state index is 13.0. The first kappa shape index (κ1) is 13.0. The number of rotatable bonds is 2. The molecule has 0 saturated heterocycles. The number of pyridine rings is 1. The molecule has 0 bridgehead atoms. The molecule has 0 amide bonds. The van der Waals surface area contributed by atoms with E-state index in [1.807, 2.05) is 24.3 Å². The summed E-state index contributed by atoms with van der Waals surface area (Å²) in [6.07, 6.45) is 0.790. The monoisotopic (exact) mass is 287 g/mol. The smallest absolute Gasteiger partial charge is 0.124 e. The SMILES string of the molecule is OC(c1ccc2cccnc2c1)c1ccc(F)cc1Cl. The summed E-state index contributed by atoms with van der Waals surface area (Å²) in [7, 11) is 0. The van der Waals surface area contributed by atoms with Crippen LogP contribution >= 0.6 is 11.6 Å². The number of halogens is 2. The number of hydrogen-bond acceptors (Lipinski definition) is 2. The minimum Gasteiger partial charge on any atom is -0.384 e. The van der Waals surface area contributed by atoms with Crippen molar-refractivity contribution < 1.29 is 9.50 Å². The topological polar surface area (TPSA) is 33.1 Å². The van der Waals surface area contributed by atoms with Gasteiger partial charge in [-0.3, -0.25) is 4.98 Å². The van der Waals surface area contributed by atoms with Crippen molar-refractivity contribution in [1.29, 1.82) is 0 Å². The van der Waals surface area contributed by atoms with Crippen molar-refractivity contribution in [2.24, 2.45) is 0 Å². The van der Waals surface area contributed by atoms with E-state index in [1.165, 1.54) is 18.2 Å². The molecule has 3 rings (SSSR count). The molecular formula is C16H11ClFNO. The van der Waals surface area contributed by atoms with Crippen molar-refractivity contribution in [1.82, 2.24) is 4.98 Å². The van der Waals surface area contributed by atoms with Crippen LogP contribution in [0.5, 0.6) is 0 Å². The van der Waals surface area contributed by atoms with Crippen molar-refractivity contribution in [2.45, 2.75) is 6.10 Å². The molecule has 3 aromatic rings. The Morgan fingerprint density at radius 1 is 1.10 bits per heavy atom. The van der Waals surface area contributed by atoms with Gasteiger partial charge in [0.05, 0.1) is 5.52 Å². The lowest BCUT2D eigenvalue weighted by Gasteiger charge is -2.13. The van der Waals surface area contributed by atoms with E-state index in [4.69, 9.17) is 11.6 Å². The van der Waals surface area contributed by atoms with Gasteiger partial charge in [0.1, 0.15) is 11.9 Å². The maximum Gasteiger partial charge on any atom is 0.124 e. The minimum atomic E-state index is -0.908. The molecule has 1 aromatic heterocycles. The lowest BCUT2D eigenvalue weighted by atomic mass is 10.00. The van der Waals surface area contributed by atoms with E-state index < -0.39 is 11.9 Å². The van der Waals surface area contributed by atoms with Gasteiger partial charge >= 0.3 is 0 Å². The van der Waals surface area contributed by atoms with Crippen LogP contribution in [0.15, 0.2) is 54.7 Å². The van der Waals surface area contributed by atoms with Gasteiger partial charge in [0.15, 0.2) is 0 Å². The average Bonchev–Trinajstić information content (AvgIpc) is 2.46. The van der Waals surface area contributed by atoms with Gasteiger partial charge in [0, 0.05) is 22.2 Å². The number of hydrogen-bond donors (Lipinski definition) is 1. The van der Waals surface area contributed by atoms with Crippen LogP contribution in [0.2, 0.25) is 5.02 Å². The highest BCUT2D eigenvalue weighted by Crippen LogP contribution is 2.30. The van der Waals surface area contributed by atoms with Gasteiger partial charge < -0.3 is 5.11 Å². The van der Waals surface area contributed by atoms with E-state index in [-0.39, 0.29) is 5.02 Å². The Bertz CT molecular complexity index is 775. The van der Waals surface area contributed by atoms with Crippen molar-refractivity contribution in [2.75, 3.05) is 0 Å². The number of aliphatic hydroxyl groups is 1. The number of aliphatic hydroxyl groups excluding tert-OH is 1. The summed E-state index contributed by atoms with van der Waals surface area (Å²) in [5.74, 6) is -0.425. The molecule has 0 aliphatic carbocycles. The van der Waals surface area contributed by atoms with Crippen LogP contribution in [0.1, 0.15) is 17.2 Å². The van der Waals surface area contributed by atoms with Crippen LogP contribution in [0, 0.1) is 5.82 Å². The third-order valence-electron chi connectivity index (χ3n) is 3.20. The van der Waals surface area contributed by atoms with Crippen molar-refractivity contribution >= 4 is 22.5 Å². The lowest BCUT2D eigenvalue weighted by molar-refractivity contribution is 0.220. The summed E-state index contributed by atoms with van der Waals surface area (Å²) in [6, 6.07) is 13.3. The van der Waals surface area contributed by atoms with Gasteiger partial charge in [0.2, 0.25) is 0 Å². The lowest BCUT2D eigenvalue weighted by Crippen LogP contribution is -2.01. The van der Waals surface area contributed by atoms with Crippen LogP contribution < -0.4 is 0 Å². The van der Waals surface area contributed by atoms with Crippen molar-refractivity contribution in [3.63, 3.8) is 0 Å². The van der Waals surface area contributed by atoms with E-state index in [1.54, 1.807) is 12.3 Å². The van der Waals surface area contributed by atoms with Crippen molar-refractivity contribution in [3.8, 4) is 0 Å². The Kier molecular flexibility index (Phi) is 3.38. The molecule has 1 heterocycles. The molecule has 2 nitrogen and oxygen atoms in total. The summed E-state index contributed by atoms with van der Waals surface area (Å²) in [5, 5.41) is 11.6.